The molecule has 5 rings (SSSR count). The molecule has 0 unspecified atom stereocenters. The van der Waals surface area contributed by atoms with Gasteiger partial charge in [-0.25, -0.2) is 0 Å². The zero-order valence-electron chi connectivity index (χ0n) is 16.9. The van der Waals surface area contributed by atoms with Crippen LogP contribution in [0.2, 0.25) is 0 Å². The van der Waals surface area contributed by atoms with E-state index in [1.165, 1.54) is 33.2 Å². The molecule has 140 valence electrons. The van der Waals surface area contributed by atoms with Gasteiger partial charge >= 0.3 is 5.82 Å². The van der Waals surface area contributed by atoms with Gasteiger partial charge in [0.05, 0.1) is 10.9 Å². The molecular weight excluding hydrogens is 354 g/mol. The first kappa shape index (κ1) is 17.5. The quantitative estimate of drug-likeness (QED) is 0.402. The minimum atomic E-state index is 0.976. The molecule has 0 aliphatic rings. The van der Waals surface area contributed by atoms with Gasteiger partial charge in [0.15, 0.2) is 18.1 Å². The van der Waals surface area contributed by atoms with Crippen molar-refractivity contribution in [1.82, 2.24) is 4.98 Å². The van der Waals surface area contributed by atoms with Crippen molar-refractivity contribution in [2.75, 3.05) is 0 Å². The molecular formula is C26H23N3+2. The van der Waals surface area contributed by atoms with Crippen LogP contribution in [0.1, 0.15) is 17.1 Å². The van der Waals surface area contributed by atoms with Crippen molar-refractivity contribution in [2.45, 2.75) is 20.8 Å². The maximum atomic E-state index is 4.64. The van der Waals surface area contributed by atoms with Gasteiger partial charge in [-0.1, -0.05) is 41.4 Å². The molecule has 0 N–H and O–H groups in total. The Morgan fingerprint density at radius 3 is 2.21 bits per heavy atom. The Bertz CT molecular complexity index is 1390. The van der Waals surface area contributed by atoms with E-state index in [1.807, 2.05) is 6.20 Å². The van der Waals surface area contributed by atoms with E-state index in [0.717, 1.165) is 16.9 Å². The van der Waals surface area contributed by atoms with Crippen molar-refractivity contribution in [1.29, 1.82) is 0 Å². The summed E-state index contributed by atoms with van der Waals surface area (Å²) in [6.45, 7) is 6.42. The van der Waals surface area contributed by atoms with Crippen molar-refractivity contribution in [2.24, 2.45) is 0 Å². The molecule has 3 aromatic carbocycles. The molecule has 0 fully saturated rings. The summed E-state index contributed by atoms with van der Waals surface area (Å²) >= 11 is 0. The summed E-state index contributed by atoms with van der Waals surface area (Å²) in [6.07, 6.45) is 4.18. The van der Waals surface area contributed by atoms with Gasteiger partial charge in [-0.05, 0) is 36.6 Å². The fourth-order valence-electron chi connectivity index (χ4n) is 4.17. The van der Waals surface area contributed by atoms with Crippen LogP contribution >= 0.6 is 0 Å². The summed E-state index contributed by atoms with van der Waals surface area (Å²) in [5.74, 6) is 0.976. The van der Waals surface area contributed by atoms with Gasteiger partial charge in [0, 0.05) is 31.4 Å². The largest absolute Gasteiger partial charge is 0.300 e. The molecule has 0 aliphatic carbocycles. The number of fused-ring (bicyclic) bond motifs is 2. The highest BCUT2D eigenvalue weighted by Gasteiger charge is 2.22. The standard InChI is InChI=1S/C26H23N3/c1-18-15-21-9-4-5-11-23(21)17-28(18)24-13-8-14-25(19(24)2)29-20(3)27-16-22-10-6-7-12-26(22)29/h4-17H,1-3H3/q+2. The van der Waals surface area contributed by atoms with E-state index in [2.05, 4.69) is 114 Å². The highest BCUT2D eigenvalue weighted by atomic mass is 15.1. The van der Waals surface area contributed by atoms with E-state index in [-0.39, 0.29) is 0 Å². The van der Waals surface area contributed by atoms with Crippen LogP contribution in [0.3, 0.4) is 0 Å². The van der Waals surface area contributed by atoms with Crippen molar-refractivity contribution in [3.05, 3.63) is 102 Å². The molecule has 0 saturated heterocycles. The summed E-state index contributed by atoms with van der Waals surface area (Å²) in [5.41, 5.74) is 5.94. The minimum absolute atomic E-state index is 0.976. The molecule has 0 saturated carbocycles. The molecule has 0 aliphatic heterocycles. The molecule has 3 nitrogen and oxygen atoms in total. The second-order valence-corrected chi connectivity index (χ2v) is 7.53. The van der Waals surface area contributed by atoms with Crippen LogP contribution in [-0.4, -0.2) is 4.98 Å². The highest BCUT2D eigenvalue weighted by Crippen LogP contribution is 2.20. The fourth-order valence-corrected chi connectivity index (χ4v) is 4.17. The SMILES string of the molecule is Cc1c(-[n+]2cc3ccccc3cc2C)cccc1-[n+]1c(C)ncc2ccccc21. The monoisotopic (exact) mass is 377 g/mol. The minimum Gasteiger partial charge on any atom is -0.192 e. The number of pyridine rings is 1. The van der Waals surface area contributed by atoms with Gasteiger partial charge in [-0.2, -0.15) is 9.13 Å². The summed E-state index contributed by atoms with van der Waals surface area (Å²) in [4.78, 5) is 4.64. The van der Waals surface area contributed by atoms with E-state index in [1.54, 1.807) is 0 Å². The molecule has 5 aromatic rings. The number of para-hydroxylation sites is 1. The third kappa shape index (κ3) is 2.87. The van der Waals surface area contributed by atoms with Crippen LogP contribution in [0.15, 0.2) is 85.2 Å². The Morgan fingerprint density at radius 1 is 0.690 bits per heavy atom. The Labute approximate surface area is 170 Å². The fraction of sp³-hybridized carbons (Fsp3) is 0.115. The predicted molar refractivity (Wildman–Crippen MR) is 117 cm³/mol. The van der Waals surface area contributed by atoms with E-state index in [4.69, 9.17) is 0 Å². The highest BCUT2D eigenvalue weighted by molar-refractivity contribution is 5.81. The summed E-state index contributed by atoms with van der Waals surface area (Å²) in [6, 6.07) is 25.7. The second-order valence-electron chi connectivity index (χ2n) is 7.53. The first-order chi connectivity index (χ1) is 14.1. The van der Waals surface area contributed by atoms with E-state index in [9.17, 15) is 0 Å². The zero-order valence-corrected chi connectivity index (χ0v) is 16.9. The number of benzene rings is 3. The molecule has 0 atom stereocenters. The number of aromatic nitrogens is 3. The van der Waals surface area contributed by atoms with Gasteiger partial charge < -0.3 is 0 Å². The lowest BCUT2D eigenvalue weighted by atomic mass is 10.1. The third-order valence-electron chi connectivity index (χ3n) is 5.68. The Hall–Kier alpha value is -3.59. The van der Waals surface area contributed by atoms with Gasteiger partial charge in [0.25, 0.3) is 0 Å². The van der Waals surface area contributed by atoms with Crippen LogP contribution in [0.4, 0.5) is 0 Å². The first-order valence-electron chi connectivity index (χ1n) is 9.91. The molecule has 0 amide bonds. The van der Waals surface area contributed by atoms with E-state index in [0.29, 0.717) is 0 Å². The average molecular weight is 377 g/mol. The summed E-state index contributed by atoms with van der Waals surface area (Å²) in [5, 5.41) is 3.63. The van der Waals surface area contributed by atoms with Crippen LogP contribution in [0.25, 0.3) is 33.1 Å². The maximum Gasteiger partial charge on any atom is 0.300 e. The molecule has 2 heterocycles. The normalized spacial score (nSPS) is 11.3. The van der Waals surface area contributed by atoms with Crippen molar-refractivity contribution in [3.63, 3.8) is 0 Å². The lowest BCUT2D eigenvalue weighted by Gasteiger charge is -2.10. The summed E-state index contributed by atoms with van der Waals surface area (Å²) < 4.78 is 4.54. The number of hydrogen-bond acceptors (Lipinski definition) is 1. The Morgan fingerprint density at radius 2 is 1.38 bits per heavy atom. The number of rotatable bonds is 2. The molecule has 0 bridgehead atoms. The topological polar surface area (TPSA) is 20.6 Å². The molecule has 2 aromatic heterocycles. The van der Waals surface area contributed by atoms with Crippen molar-refractivity contribution < 1.29 is 9.13 Å². The third-order valence-corrected chi connectivity index (χ3v) is 5.68. The number of nitrogens with zero attached hydrogens (tertiary/aromatic N) is 3. The van der Waals surface area contributed by atoms with Crippen LogP contribution in [0.5, 0.6) is 0 Å². The molecule has 29 heavy (non-hydrogen) atoms. The van der Waals surface area contributed by atoms with Gasteiger partial charge in [-0.3, -0.25) is 0 Å². The van der Waals surface area contributed by atoms with Gasteiger partial charge in [-0.15, -0.1) is 0 Å². The van der Waals surface area contributed by atoms with E-state index >= 15 is 0 Å². The molecule has 0 radical (unpaired) electrons. The van der Waals surface area contributed by atoms with Crippen molar-refractivity contribution in [3.8, 4) is 11.4 Å². The second kappa shape index (κ2) is 6.78. The zero-order chi connectivity index (χ0) is 20.0. The van der Waals surface area contributed by atoms with Crippen molar-refractivity contribution >= 4 is 21.7 Å². The van der Waals surface area contributed by atoms with E-state index < -0.39 is 0 Å². The van der Waals surface area contributed by atoms with Gasteiger partial charge in [0.2, 0.25) is 5.69 Å². The number of aryl methyl sites for hydroxylation is 2. The maximum absolute atomic E-state index is 4.64. The van der Waals surface area contributed by atoms with Gasteiger partial charge in [0.1, 0.15) is 11.2 Å². The van der Waals surface area contributed by atoms with Crippen LogP contribution in [-0.2, 0) is 0 Å². The first-order valence-corrected chi connectivity index (χ1v) is 9.91. The summed E-state index contributed by atoms with van der Waals surface area (Å²) in [7, 11) is 0. The smallest absolute Gasteiger partial charge is 0.192 e. The predicted octanol–water partition coefficient (Wildman–Crippen LogP) is 4.87. The van der Waals surface area contributed by atoms with Crippen LogP contribution in [0, 0.1) is 20.8 Å². The lowest BCUT2D eigenvalue weighted by molar-refractivity contribution is -0.604. The molecule has 0 spiro atoms. The van der Waals surface area contributed by atoms with Crippen LogP contribution < -0.4 is 9.13 Å². The Balaban J connectivity index is 1.78. The lowest BCUT2D eigenvalue weighted by Crippen LogP contribution is -2.40. The number of hydrogen-bond donors (Lipinski definition) is 0. The average Bonchev–Trinajstić information content (AvgIpc) is 2.74. The molecule has 3 heteroatoms. The Kier molecular flexibility index (Phi) is 4.09.